The van der Waals surface area contributed by atoms with Crippen molar-refractivity contribution >= 4 is 5.69 Å². The van der Waals surface area contributed by atoms with E-state index >= 15 is 0 Å². The van der Waals surface area contributed by atoms with Crippen molar-refractivity contribution in [2.24, 2.45) is 5.41 Å². The second-order valence-corrected chi connectivity index (χ2v) is 5.96. The number of benzene rings is 1. The van der Waals surface area contributed by atoms with Crippen LogP contribution in [0.4, 0.5) is 5.69 Å². The SMILES string of the molecule is Cc1cccc(C)c1N1CCC(O)C(C)(C)C1. The van der Waals surface area contributed by atoms with Crippen LogP contribution < -0.4 is 4.90 Å². The van der Waals surface area contributed by atoms with Crippen LogP contribution in [-0.2, 0) is 0 Å². The molecule has 0 aliphatic carbocycles. The van der Waals surface area contributed by atoms with Gasteiger partial charge in [-0.3, -0.25) is 0 Å². The number of para-hydroxylation sites is 1. The van der Waals surface area contributed by atoms with E-state index in [1.807, 2.05) is 0 Å². The van der Waals surface area contributed by atoms with Gasteiger partial charge in [-0.2, -0.15) is 0 Å². The summed E-state index contributed by atoms with van der Waals surface area (Å²) in [7, 11) is 0. The molecular formula is C15H23NO. The number of rotatable bonds is 1. The number of hydrogen-bond acceptors (Lipinski definition) is 2. The molecule has 1 heterocycles. The average Bonchev–Trinajstić information content (AvgIpc) is 2.22. The minimum absolute atomic E-state index is 0.0209. The van der Waals surface area contributed by atoms with Crippen LogP contribution in [0.1, 0.15) is 31.4 Å². The normalized spacial score (nSPS) is 23.8. The summed E-state index contributed by atoms with van der Waals surface area (Å²) in [6.07, 6.45) is 0.684. The zero-order valence-corrected chi connectivity index (χ0v) is 11.3. The Morgan fingerprint density at radius 2 is 1.82 bits per heavy atom. The monoisotopic (exact) mass is 233 g/mol. The van der Waals surface area contributed by atoms with E-state index in [0.29, 0.717) is 0 Å². The molecule has 1 fully saturated rings. The van der Waals surface area contributed by atoms with Crippen LogP contribution in [0.5, 0.6) is 0 Å². The average molecular weight is 233 g/mol. The largest absolute Gasteiger partial charge is 0.392 e. The van der Waals surface area contributed by atoms with Gasteiger partial charge < -0.3 is 10.0 Å². The number of aliphatic hydroxyl groups excluding tert-OH is 1. The second kappa shape index (κ2) is 4.34. The van der Waals surface area contributed by atoms with Gasteiger partial charge in [-0.1, -0.05) is 32.0 Å². The zero-order valence-electron chi connectivity index (χ0n) is 11.3. The van der Waals surface area contributed by atoms with Crippen molar-refractivity contribution in [1.82, 2.24) is 0 Å². The summed E-state index contributed by atoms with van der Waals surface area (Å²) < 4.78 is 0. The summed E-state index contributed by atoms with van der Waals surface area (Å²) in [5.74, 6) is 0. The molecule has 1 saturated heterocycles. The lowest BCUT2D eigenvalue weighted by Gasteiger charge is -2.43. The molecule has 2 heteroatoms. The van der Waals surface area contributed by atoms with E-state index in [9.17, 15) is 5.11 Å². The fraction of sp³-hybridized carbons (Fsp3) is 0.600. The lowest BCUT2D eigenvalue weighted by Crippen LogP contribution is -2.49. The number of nitrogens with zero attached hydrogens (tertiary/aromatic N) is 1. The van der Waals surface area contributed by atoms with Crippen molar-refractivity contribution in [3.63, 3.8) is 0 Å². The van der Waals surface area contributed by atoms with Gasteiger partial charge in [0.2, 0.25) is 0 Å². The summed E-state index contributed by atoms with van der Waals surface area (Å²) >= 11 is 0. The predicted octanol–water partition coefficient (Wildman–Crippen LogP) is 2.90. The van der Waals surface area contributed by atoms with E-state index in [0.717, 1.165) is 19.5 Å². The first-order valence-corrected chi connectivity index (χ1v) is 6.41. The van der Waals surface area contributed by atoms with Gasteiger partial charge in [-0.05, 0) is 31.4 Å². The summed E-state index contributed by atoms with van der Waals surface area (Å²) in [4.78, 5) is 2.43. The van der Waals surface area contributed by atoms with Gasteiger partial charge in [-0.25, -0.2) is 0 Å². The van der Waals surface area contributed by atoms with Gasteiger partial charge in [0.1, 0.15) is 0 Å². The van der Waals surface area contributed by atoms with E-state index in [-0.39, 0.29) is 11.5 Å². The highest BCUT2D eigenvalue weighted by Gasteiger charge is 2.35. The topological polar surface area (TPSA) is 23.5 Å². The second-order valence-electron chi connectivity index (χ2n) is 5.96. The molecule has 0 amide bonds. The molecule has 1 aromatic rings. The van der Waals surface area contributed by atoms with Crippen LogP contribution in [0.15, 0.2) is 18.2 Å². The minimum atomic E-state index is -0.178. The Bertz CT molecular complexity index is 391. The Morgan fingerprint density at radius 3 is 2.35 bits per heavy atom. The molecule has 0 spiro atoms. The number of aryl methyl sites for hydroxylation is 2. The standard InChI is InChI=1S/C15H23NO/c1-11-6-5-7-12(2)14(11)16-9-8-13(17)15(3,4)10-16/h5-7,13,17H,8-10H2,1-4H3. The van der Waals surface area contributed by atoms with E-state index in [1.165, 1.54) is 16.8 Å². The Hall–Kier alpha value is -1.02. The van der Waals surface area contributed by atoms with Crippen molar-refractivity contribution in [2.75, 3.05) is 18.0 Å². The Kier molecular flexibility index (Phi) is 3.17. The molecule has 17 heavy (non-hydrogen) atoms. The highest BCUT2D eigenvalue weighted by atomic mass is 16.3. The Labute approximate surface area is 104 Å². The van der Waals surface area contributed by atoms with E-state index < -0.39 is 0 Å². The van der Waals surface area contributed by atoms with Crippen LogP contribution in [0, 0.1) is 19.3 Å². The number of aliphatic hydroxyl groups is 1. The minimum Gasteiger partial charge on any atom is -0.392 e. The maximum absolute atomic E-state index is 10.0. The fourth-order valence-corrected chi connectivity index (χ4v) is 2.84. The van der Waals surface area contributed by atoms with Crippen LogP contribution >= 0.6 is 0 Å². The predicted molar refractivity (Wildman–Crippen MR) is 72.5 cm³/mol. The molecule has 2 nitrogen and oxygen atoms in total. The molecule has 1 atom stereocenters. The quantitative estimate of drug-likeness (QED) is 0.806. The summed E-state index contributed by atoms with van der Waals surface area (Å²) in [6.45, 7) is 10.5. The molecule has 1 N–H and O–H groups in total. The van der Waals surface area contributed by atoms with E-state index in [1.54, 1.807) is 0 Å². The maximum Gasteiger partial charge on any atom is 0.0624 e. The van der Waals surface area contributed by atoms with E-state index in [4.69, 9.17) is 0 Å². The van der Waals surface area contributed by atoms with Crippen LogP contribution in [-0.4, -0.2) is 24.3 Å². The highest BCUT2D eigenvalue weighted by Crippen LogP contribution is 2.34. The van der Waals surface area contributed by atoms with Crippen molar-refractivity contribution in [3.05, 3.63) is 29.3 Å². The molecule has 0 bridgehead atoms. The van der Waals surface area contributed by atoms with Gasteiger partial charge in [0.05, 0.1) is 6.10 Å². The third-order valence-electron chi connectivity index (χ3n) is 3.93. The lowest BCUT2D eigenvalue weighted by atomic mass is 9.81. The van der Waals surface area contributed by atoms with Gasteiger partial charge in [0, 0.05) is 24.2 Å². The van der Waals surface area contributed by atoms with Crippen molar-refractivity contribution in [2.45, 2.75) is 40.2 Å². The van der Waals surface area contributed by atoms with Gasteiger partial charge in [0.25, 0.3) is 0 Å². The lowest BCUT2D eigenvalue weighted by molar-refractivity contribution is 0.0335. The Balaban J connectivity index is 2.30. The first-order chi connectivity index (χ1) is 7.92. The molecule has 0 saturated carbocycles. The van der Waals surface area contributed by atoms with E-state index in [2.05, 4.69) is 50.8 Å². The van der Waals surface area contributed by atoms with Gasteiger partial charge in [0.15, 0.2) is 0 Å². The van der Waals surface area contributed by atoms with Crippen LogP contribution in [0.3, 0.4) is 0 Å². The zero-order chi connectivity index (χ0) is 12.6. The molecule has 0 radical (unpaired) electrons. The number of anilines is 1. The third kappa shape index (κ3) is 2.32. The molecule has 2 rings (SSSR count). The van der Waals surface area contributed by atoms with Crippen LogP contribution in [0.2, 0.25) is 0 Å². The summed E-state index contributed by atoms with van der Waals surface area (Å²) in [5, 5.41) is 10.0. The molecule has 94 valence electrons. The van der Waals surface area contributed by atoms with Crippen LogP contribution in [0.25, 0.3) is 0 Å². The molecular weight excluding hydrogens is 210 g/mol. The molecule has 0 aromatic heterocycles. The number of hydrogen-bond donors (Lipinski definition) is 1. The van der Waals surface area contributed by atoms with Gasteiger partial charge in [-0.15, -0.1) is 0 Å². The first kappa shape index (κ1) is 12.4. The van der Waals surface area contributed by atoms with Gasteiger partial charge >= 0.3 is 0 Å². The van der Waals surface area contributed by atoms with Crippen molar-refractivity contribution in [1.29, 1.82) is 0 Å². The van der Waals surface area contributed by atoms with Crippen molar-refractivity contribution < 1.29 is 5.11 Å². The fourth-order valence-electron chi connectivity index (χ4n) is 2.84. The molecule has 1 aliphatic heterocycles. The summed E-state index contributed by atoms with van der Waals surface area (Å²) in [6, 6.07) is 6.44. The first-order valence-electron chi connectivity index (χ1n) is 6.41. The van der Waals surface area contributed by atoms with Crippen molar-refractivity contribution in [3.8, 4) is 0 Å². The Morgan fingerprint density at radius 1 is 1.24 bits per heavy atom. The smallest absolute Gasteiger partial charge is 0.0624 e. The summed E-state index contributed by atoms with van der Waals surface area (Å²) in [5.41, 5.74) is 3.99. The maximum atomic E-state index is 10.0. The molecule has 1 aromatic carbocycles. The highest BCUT2D eigenvalue weighted by molar-refractivity contribution is 5.59. The molecule has 1 unspecified atom stereocenters. The number of piperidine rings is 1. The molecule has 1 aliphatic rings. The third-order valence-corrected chi connectivity index (χ3v) is 3.93.